The van der Waals surface area contributed by atoms with Gasteiger partial charge >= 0.3 is 5.88 Å². The van der Waals surface area contributed by atoms with Crippen molar-refractivity contribution in [1.29, 1.82) is 0 Å². The third-order valence-electron chi connectivity index (χ3n) is 2.58. The van der Waals surface area contributed by atoms with Crippen molar-refractivity contribution in [2.24, 2.45) is 0 Å². The minimum atomic E-state index is -0.704. The summed E-state index contributed by atoms with van der Waals surface area (Å²) < 4.78 is 4.83. The fourth-order valence-electron chi connectivity index (χ4n) is 1.67. The molecule has 0 aromatic carbocycles. The topological polar surface area (TPSA) is 106 Å². The van der Waals surface area contributed by atoms with E-state index in [4.69, 9.17) is 4.42 Å². The largest absolute Gasteiger partial charge is 0.433 e. The molecule has 1 aromatic rings. The van der Waals surface area contributed by atoms with E-state index in [9.17, 15) is 19.7 Å². The molecule has 0 unspecified atom stereocenters. The predicted molar refractivity (Wildman–Crippen MR) is 58.9 cm³/mol. The molecule has 1 aliphatic heterocycles. The lowest BCUT2D eigenvalue weighted by atomic mass is 10.3. The molecule has 8 nitrogen and oxygen atoms in total. The summed E-state index contributed by atoms with van der Waals surface area (Å²) in [5, 5.41) is 13.1. The molecule has 1 fully saturated rings. The van der Waals surface area contributed by atoms with Gasteiger partial charge in [0, 0.05) is 26.1 Å². The quantitative estimate of drug-likeness (QED) is 0.596. The second-order valence-corrected chi connectivity index (χ2v) is 3.79. The van der Waals surface area contributed by atoms with E-state index in [0.29, 0.717) is 13.1 Å². The van der Waals surface area contributed by atoms with Crippen molar-refractivity contribution in [2.75, 3.05) is 19.6 Å². The molecule has 2 rings (SSSR count). The van der Waals surface area contributed by atoms with Crippen LogP contribution in [-0.2, 0) is 4.79 Å². The van der Waals surface area contributed by atoms with Crippen LogP contribution in [0.3, 0.4) is 0 Å². The summed E-state index contributed by atoms with van der Waals surface area (Å²) in [6.07, 6.45) is 0.217. The highest BCUT2D eigenvalue weighted by molar-refractivity contribution is 5.92. The number of furan rings is 1. The van der Waals surface area contributed by atoms with E-state index >= 15 is 0 Å². The summed E-state index contributed by atoms with van der Waals surface area (Å²) in [6, 6.07) is 2.40. The fraction of sp³-hybridized carbons (Fsp3) is 0.400. The van der Waals surface area contributed by atoms with Crippen LogP contribution in [0.25, 0.3) is 0 Å². The molecule has 96 valence electrons. The van der Waals surface area contributed by atoms with E-state index in [-0.39, 0.29) is 24.6 Å². The summed E-state index contributed by atoms with van der Waals surface area (Å²) in [4.78, 5) is 34.3. The molecule has 18 heavy (non-hydrogen) atoms. The van der Waals surface area contributed by atoms with Gasteiger partial charge in [-0.1, -0.05) is 0 Å². The van der Waals surface area contributed by atoms with Crippen LogP contribution < -0.4 is 5.32 Å². The van der Waals surface area contributed by atoms with E-state index in [1.54, 1.807) is 0 Å². The number of rotatable bonds is 2. The maximum atomic E-state index is 12.0. The van der Waals surface area contributed by atoms with Gasteiger partial charge in [0.05, 0.1) is 6.07 Å². The second kappa shape index (κ2) is 4.86. The van der Waals surface area contributed by atoms with Crippen LogP contribution in [0.1, 0.15) is 17.0 Å². The van der Waals surface area contributed by atoms with Gasteiger partial charge in [0.2, 0.25) is 5.91 Å². The molecule has 0 radical (unpaired) electrons. The van der Waals surface area contributed by atoms with Gasteiger partial charge in [-0.2, -0.15) is 0 Å². The Labute approximate surface area is 102 Å². The molecule has 1 saturated heterocycles. The van der Waals surface area contributed by atoms with Crippen LogP contribution in [0.15, 0.2) is 16.5 Å². The molecule has 0 aliphatic carbocycles. The zero-order chi connectivity index (χ0) is 13.1. The van der Waals surface area contributed by atoms with Crippen molar-refractivity contribution < 1.29 is 18.9 Å². The van der Waals surface area contributed by atoms with Gasteiger partial charge in [-0.25, -0.2) is 0 Å². The number of hydrogen-bond donors (Lipinski definition) is 1. The molecular weight excluding hydrogens is 242 g/mol. The van der Waals surface area contributed by atoms with Gasteiger partial charge in [0.25, 0.3) is 5.91 Å². The zero-order valence-electron chi connectivity index (χ0n) is 9.42. The van der Waals surface area contributed by atoms with Crippen molar-refractivity contribution in [1.82, 2.24) is 10.2 Å². The van der Waals surface area contributed by atoms with Crippen LogP contribution >= 0.6 is 0 Å². The molecule has 0 bridgehead atoms. The van der Waals surface area contributed by atoms with Crippen LogP contribution in [0.4, 0.5) is 5.88 Å². The first kappa shape index (κ1) is 12.1. The lowest BCUT2D eigenvalue weighted by molar-refractivity contribution is -0.402. The monoisotopic (exact) mass is 253 g/mol. The van der Waals surface area contributed by atoms with Crippen LogP contribution in [0, 0.1) is 10.1 Å². The summed E-state index contributed by atoms with van der Waals surface area (Å²) >= 11 is 0. The van der Waals surface area contributed by atoms with E-state index in [0.717, 1.165) is 6.07 Å². The first-order valence-electron chi connectivity index (χ1n) is 5.38. The fourth-order valence-corrected chi connectivity index (χ4v) is 1.67. The first-order chi connectivity index (χ1) is 8.58. The highest BCUT2D eigenvalue weighted by atomic mass is 16.6. The number of nitro groups is 1. The number of carbonyl (C=O) groups is 2. The summed E-state index contributed by atoms with van der Waals surface area (Å²) in [5.41, 5.74) is 0. The van der Waals surface area contributed by atoms with Gasteiger partial charge in [0.1, 0.15) is 4.92 Å². The normalized spacial score (nSPS) is 16.0. The molecule has 1 aromatic heterocycles. The SMILES string of the molecule is O=C1CCN(C(=O)c2ccc([N+](=O)[O-])o2)CCN1. The molecule has 2 heterocycles. The van der Waals surface area contributed by atoms with Gasteiger partial charge in [-0.3, -0.25) is 19.7 Å². The highest BCUT2D eigenvalue weighted by Crippen LogP contribution is 2.17. The smallest absolute Gasteiger partial charge is 0.395 e. The van der Waals surface area contributed by atoms with Gasteiger partial charge in [-0.05, 0) is 6.07 Å². The van der Waals surface area contributed by atoms with E-state index in [2.05, 4.69) is 5.32 Å². The third kappa shape index (κ3) is 2.47. The standard InChI is InChI=1S/C10H11N3O5/c14-8-3-5-12(6-4-11-8)10(15)7-1-2-9(18-7)13(16)17/h1-2H,3-6H2,(H,11,14). The van der Waals surface area contributed by atoms with Crippen molar-refractivity contribution in [3.8, 4) is 0 Å². The number of nitrogens with zero attached hydrogens (tertiary/aromatic N) is 2. The zero-order valence-corrected chi connectivity index (χ0v) is 9.42. The average Bonchev–Trinajstić information content (AvgIpc) is 2.73. The average molecular weight is 253 g/mol. The molecule has 8 heteroatoms. The predicted octanol–water partition coefficient (Wildman–Crippen LogP) is 0.150. The Balaban J connectivity index is 2.09. The Bertz CT molecular complexity index is 495. The molecule has 1 N–H and O–H groups in total. The Morgan fingerprint density at radius 2 is 2.22 bits per heavy atom. The molecule has 0 spiro atoms. The number of carbonyl (C=O) groups excluding carboxylic acids is 2. The highest BCUT2D eigenvalue weighted by Gasteiger charge is 2.24. The van der Waals surface area contributed by atoms with E-state index in [1.165, 1.54) is 11.0 Å². The lowest BCUT2D eigenvalue weighted by Crippen LogP contribution is -2.33. The summed E-state index contributed by atoms with van der Waals surface area (Å²) in [5.74, 6) is -1.12. The summed E-state index contributed by atoms with van der Waals surface area (Å²) in [6.45, 7) is 1.01. The molecule has 1 aliphatic rings. The third-order valence-corrected chi connectivity index (χ3v) is 2.58. The van der Waals surface area contributed by atoms with Crippen molar-refractivity contribution in [3.05, 3.63) is 28.0 Å². The van der Waals surface area contributed by atoms with E-state index in [1.807, 2.05) is 0 Å². The summed E-state index contributed by atoms with van der Waals surface area (Å²) in [7, 11) is 0. The number of amides is 2. The second-order valence-electron chi connectivity index (χ2n) is 3.79. The molecule has 0 atom stereocenters. The van der Waals surface area contributed by atoms with Crippen LogP contribution in [0.5, 0.6) is 0 Å². The first-order valence-corrected chi connectivity index (χ1v) is 5.38. The minimum Gasteiger partial charge on any atom is -0.395 e. The van der Waals surface area contributed by atoms with Crippen molar-refractivity contribution in [2.45, 2.75) is 6.42 Å². The number of hydrogen-bond acceptors (Lipinski definition) is 5. The molecular formula is C10H11N3O5. The molecule has 2 amide bonds. The number of nitrogens with one attached hydrogen (secondary N) is 1. The lowest BCUT2D eigenvalue weighted by Gasteiger charge is -2.17. The van der Waals surface area contributed by atoms with Crippen molar-refractivity contribution >= 4 is 17.7 Å². The Hall–Kier alpha value is -2.38. The van der Waals surface area contributed by atoms with Gasteiger partial charge in [-0.15, -0.1) is 0 Å². The Morgan fingerprint density at radius 3 is 2.89 bits per heavy atom. The Morgan fingerprint density at radius 1 is 1.44 bits per heavy atom. The van der Waals surface area contributed by atoms with E-state index < -0.39 is 16.7 Å². The van der Waals surface area contributed by atoms with Crippen molar-refractivity contribution in [3.63, 3.8) is 0 Å². The van der Waals surface area contributed by atoms with Gasteiger partial charge < -0.3 is 14.6 Å². The molecule has 0 saturated carbocycles. The van der Waals surface area contributed by atoms with Gasteiger partial charge in [0.15, 0.2) is 5.76 Å². The maximum absolute atomic E-state index is 12.0. The van der Waals surface area contributed by atoms with Crippen LogP contribution in [-0.4, -0.2) is 41.3 Å². The minimum absolute atomic E-state index is 0.0870. The maximum Gasteiger partial charge on any atom is 0.433 e. The Kier molecular flexibility index (Phi) is 3.26. The van der Waals surface area contributed by atoms with Crippen LogP contribution in [0.2, 0.25) is 0 Å².